The molecule has 1 aromatic heterocycles. The maximum atomic E-state index is 12.6. The van der Waals surface area contributed by atoms with E-state index in [1.54, 1.807) is 6.92 Å². The van der Waals surface area contributed by atoms with E-state index in [1.165, 1.54) is 0 Å². The molecule has 7 heteroatoms. The summed E-state index contributed by atoms with van der Waals surface area (Å²) < 4.78 is 5.21. The molecule has 1 aromatic rings. The molecule has 2 heterocycles. The Hall–Kier alpha value is -1.92. The Morgan fingerprint density at radius 3 is 2.48 bits per heavy atom. The molecular weight excluding hydrogens is 296 g/mol. The molecule has 0 saturated carbocycles. The van der Waals surface area contributed by atoms with Crippen LogP contribution in [0.3, 0.4) is 0 Å². The van der Waals surface area contributed by atoms with Crippen molar-refractivity contribution in [2.24, 2.45) is 5.92 Å². The molecule has 23 heavy (non-hydrogen) atoms. The van der Waals surface area contributed by atoms with Crippen LogP contribution in [0, 0.1) is 5.92 Å². The second-order valence-corrected chi connectivity index (χ2v) is 7.85. The zero-order valence-corrected chi connectivity index (χ0v) is 14.8. The van der Waals surface area contributed by atoms with Crippen molar-refractivity contribution in [1.82, 2.24) is 20.4 Å². The first-order valence-electron chi connectivity index (χ1n) is 8.00. The standard InChI is InChI=1S/C16H26N4O3/c1-10(2)7-8-16(6)13(21)20(14(22)18-16)9-11-17-12(23-19-11)15(3,4)5/h10H,7-9H2,1-6H3,(H,18,22)/t16-/m1/s1. The van der Waals surface area contributed by atoms with Crippen molar-refractivity contribution in [2.45, 2.75) is 71.9 Å². The van der Waals surface area contributed by atoms with E-state index < -0.39 is 11.6 Å². The second kappa shape index (κ2) is 5.94. The zero-order chi connectivity index (χ0) is 17.4. The molecule has 1 aliphatic rings. The Kier molecular flexibility index (Phi) is 4.50. The molecule has 7 nitrogen and oxygen atoms in total. The Labute approximate surface area is 136 Å². The van der Waals surface area contributed by atoms with Gasteiger partial charge in [0.25, 0.3) is 5.91 Å². The summed E-state index contributed by atoms with van der Waals surface area (Å²) in [6.45, 7) is 11.9. The predicted molar refractivity (Wildman–Crippen MR) is 84.6 cm³/mol. The molecule has 0 aliphatic carbocycles. The van der Waals surface area contributed by atoms with E-state index >= 15 is 0 Å². The number of hydrogen-bond acceptors (Lipinski definition) is 5. The summed E-state index contributed by atoms with van der Waals surface area (Å²) in [5.74, 6) is 1.07. The van der Waals surface area contributed by atoms with Gasteiger partial charge < -0.3 is 9.84 Å². The first kappa shape index (κ1) is 17.4. The molecule has 1 saturated heterocycles. The Bertz CT molecular complexity index is 603. The quantitative estimate of drug-likeness (QED) is 0.842. The SMILES string of the molecule is CC(C)CC[C@@]1(C)NC(=O)N(Cc2noc(C(C)(C)C)n2)C1=O. The number of rotatable bonds is 5. The fourth-order valence-corrected chi connectivity index (χ4v) is 2.40. The summed E-state index contributed by atoms with van der Waals surface area (Å²) in [5.41, 5.74) is -1.12. The third-order valence-corrected chi connectivity index (χ3v) is 3.98. The van der Waals surface area contributed by atoms with Gasteiger partial charge in [-0.1, -0.05) is 39.8 Å². The van der Waals surface area contributed by atoms with Crippen LogP contribution in [0.25, 0.3) is 0 Å². The van der Waals surface area contributed by atoms with Crippen LogP contribution in [0.4, 0.5) is 4.79 Å². The van der Waals surface area contributed by atoms with Crippen molar-refractivity contribution < 1.29 is 14.1 Å². The number of imide groups is 1. The zero-order valence-electron chi connectivity index (χ0n) is 14.8. The number of nitrogens with one attached hydrogen (secondary N) is 1. The third-order valence-electron chi connectivity index (χ3n) is 3.98. The normalized spacial score (nSPS) is 22.1. The smallest absolute Gasteiger partial charge is 0.325 e. The highest BCUT2D eigenvalue weighted by Crippen LogP contribution is 2.26. The second-order valence-electron chi connectivity index (χ2n) is 7.85. The highest BCUT2D eigenvalue weighted by Gasteiger charge is 2.47. The van der Waals surface area contributed by atoms with Gasteiger partial charge in [-0.15, -0.1) is 0 Å². The lowest BCUT2D eigenvalue weighted by Gasteiger charge is -2.22. The van der Waals surface area contributed by atoms with Crippen LogP contribution < -0.4 is 5.32 Å². The van der Waals surface area contributed by atoms with Crippen molar-refractivity contribution in [3.05, 3.63) is 11.7 Å². The number of hydrogen-bond donors (Lipinski definition) is 1. The van der Waals surface area contributed by atoms with E-state index in [1.807, 2.05) is 20.8 Å². The lowest BCUT2D eigenvalue weighted by molar-refractivity contribution is -0.131. The number of urea groups is 1. The van der Waals surface area contributed by atoms with Crippen LogP contribution in [0.5, 0.6) is 0 Å². The lowest BCUT2D eigenvalue weighted by atomic mass is 9.92. The van der Waals surface area contributed by atoms with Crippen LogP contribution in [0.15, 0.2) is 4.52 Å². The monoisotopic (exact) mass is 322 g/mol. The minimum Gasteiger partial charge on any atom is -0.339 e. The largest absolute Gasteiger partial charge is 0.339 e. The van der Waals surface area contributed by atoms with Gasteiger partial charge >= 0.3 is 6.03 Å². The van der Waals surface area contributed by atoms with Gasteiger partial charge in [0, 0.05) is 5.41 Å². The third kappa shape index (κ3) is 3.71. The number of aromatic nitrogens is 2. The minimum atomic E-state index is -0.849. The minimum absolute atomic E-state index is 0.0293. The summed E-state index contributed by atoms with van der Waals surface area (Å²) in [6, 6.07) is -0.400. The number of nitrogens with zero attached hydrogens (tertiary/aromatic N) is 3. The average molecular weight is 322 g/mol. The first-order chi connectivity index (χ1) is 10.5. The van der Waals surface area contributed by atoms with Gasteiger partial charge in [0.05, 0.1) is 6.54 Å². The van der Waals surface area contributed by atoms with E-state index in [-0.39, 0.29) is 17.9 Å². The molecule has 0 unspecified atom stereocenters. The first-order valence-corrected chi connectivity index (χ1v) is 8.00. The van der Waals surface area contributed by atoms with Crippen molar-refractivity contribution in [1.29, 1.82) is 0 Å². The summed E-state index contributed by atoms with van der Waals surface area (Å²) in [5, 5.41) is 6.67. The maximum absolute atomic E-state index is 12.6. The van der Waals surface area contributed by atoms with Crippen molar-refractivity contribution >= 4 is 11.9 Å². The number of carbonyl (C=O) groups is 2. The van der Waals surface area contributed by atoms with Gasteiger partial charge in [-0.2, -0.15) is 4.98 Å². The Balaban J connectivity index is 2.10. The van der Waals surface area contributed by atoms with E-state index in [4.69, 9.17) is 4.52 Å². The van der Waals surface area contributed by atoms with E-state index in [0.717, 1.165) is 11.3 Å². The van der Waals surface area contributed by atoms with Crippen molar-refractivity contribution in [3.63, 3.8) is 0 Å². The summed E-state index contributed by atoms with van der Waals surface area (Å²) >= 11 is 0. The van der Waals surface area contributed by atoms with E-state index in [0.29, 0.717) is 24.1 Å². The fourth-order valence-electron chi connectivity index (χ4n) is 2.40. The van der Waals surface area contributed by atoms with Crippen molar-refractivity contribution in [2.75, 3.05) is 0 Å². The molecule has 2 rings (SSSR count). The van der Waals surface area contributed by atoms with Gasteiger partial charge in [-0.05, 0) is 25.7 Å². The van der Waals surface area contributed by atoms with E-state index in [2.05, 4.69) is 29.3 Å². The van der Waals surface area contributed by atoms with Gasteiger partial charge in [0.1, 0.15) is 5.54 Å². The number of amides is 3. The molecule has 1 N–H and O–H groups in total. The topological polar surface area (TPSA) is 88.3 Å². The maximum Gasteiger partial charge on any atom is 0.325 e. The van der Waals surface area contributed by atoms with Gasteiger partial charge in [0.15, 0.2) is 5.82 Å². The fraction of sp³-hybridized carbons (Fsp3) is 0.750. The van der Waals surface area contributed by atoms with Gasteiger partial charge in [0.2, 0.25) is 5.89 Å². The van der Waals surface area contributed by atoms with Crippen LogP contribution in [0.2, 0.25) is 0 Å². The Morgan fingerprint density at radius 1 is 1.30 bits per heavy atom. The molecule has 1 aliphatic heterocycles. The molecule has 1 atom stereocenters. The molecule has 0 bridgehead atoms. The Morgan fingerprint density at radius 2 is 1.96 bits per heavy atom. The highest BCUT2D eigenvalue weighted by molar-refractivity contribution is 6.06. The molecule has 1 fully saturated rings. The van der Waals surface area contributed by atoms with Gasteiger partial charge in [-0.3, -0.25) is 9.69 Å². The van der Waals surface area contributed by atoms with Crippen LogP contribution in [0.1, 0.15) is 66.1 Å². The summed E-state index contributed by atoms with van der Waals surface area (Å²) in [6.07, 6.45) is 1.48. The predicted octanol–water partition coefficient (Wildman–Crippen LogP) is 2.61. The van der Waals surface area contributed by atoms with Crippen molar-refractivity contribution in [3.8, 4) is 0 Å². The molecule has 0 aromatic carbocycles. The van der Waals surface area contributed by atoms with E-state index in [9.17, 15) is 9.59 Å². The molecule has 128 valence electrons. The van der Waals surface area contributed by atoms with Crippen LogP contribution >= 0.6 is 0 Å². The molecular formula is C16H26N4O3. The lowest BCUT2D eigenvalue weighted by Crippen LogP contribution is -2.44. The number of carbonyl (C=O) groups excluding carboxylic acids is 2. The molecule has 0 spiro atoms. The molecule has 3 amide bonds. The summed E-state index contributed by atoms with van der Waals surface area (Å²) in [4.78, 5) is 30.2. The molecule has 0 radical (unpaired) electrons. The van der Waals surface area contributed by atoms with Crippen LogP contribution in [-0.2, 0) is 16.8 Å². The summed E-state index contributed by atoms with van der Waals surface area (Å²) in [7, 11) is 0. The van der Waals surface area contributed by atoms with Crippen LogP contribution in [-0.4, -0.2) is 32.5 Å². The average Bonchev–Trinajstić information content (AvgIpc) is 2.97. The highest BCUT2D eigenvalue weighted by atomic mass is 16.5. The van der Waals surface area contributed by atoms with Gasteiger partial charge in [-0.25, -0.2) is 4.79 Å².